The van der Waals surface area contributed by atoms with Crippen molar-refractivity contribution in [3.8, 4) is 6.07 Å². The van der Waals surface area contributed by atoms with Gasteiger partial charge in [0.2, 0.25) is 0 Å². The first-order valence-electron chi connectivity index (χ1n) is 7.49. The molecule has 0 radical (unpaired) electrons. The molecule has 0 amide bonds. The van der Waals surface area contributed by atoms with Crippen LogP contribution in [0.1, 0.15) is 16.7 Å². The first-order chi connectivity index (χ1) is 10.7. The zero-order valence-electron chi connectivity index (χ0n) is 12.5. The van der Waals surface area contributed by atoms with Crippen molar-refractivity contribution in [1.29, 1.82) is 5.26 Å². The van der Waals surface area contributed by atoms with E-state index in [-0.39, 0.29) is 0 Å². The minimum atomic E-state index is -0.608. The van der Waals surface area contributed by atoms with Crippen LogP contribution in [0.2, 0.25) is 0 Å². The third-order valence-electron chi connectivity index (χ3n) is 4.66. The number of fused-ring (bicyclic) bond motifs is 2. The smallest absolute Gasteiger partial charge is 0.120 e. The van der Waals surface area contributed by atoms with Crippen LogP contribution >= 0.6 is 0 Å². The molecular weight excluding hydrogens is 270 g/mol. The van der Waals surface area contributed by atoms with Gasteiger partial charge >= 0.3 is 0 Å². The number of H-pyrrole nitrogens is 1. The summed E-state index contributed by atoms with van der Waals surface area (Å²) in [6, 6.07) is 19.3. The maximum absolute atomic E-state index is 10.1. The van der Waals surface area contributed by atoms with E-state index in [1.165, 1.54) is 10.9 Å². The van der Waals surface area contributed by atoms with Gasteiger partial charge in [-0.05, 0) is 41.3 Å². The zero-order chi connectivity index (χ0) is 15.2. The van der Waals surface area contributed by atoms with E-state index >= 15 is 0 Å². The second-order valence-corrected chi connectivity index (χ2v) is 6.13. The van der Waals surface area contributed by atoms with E-state index in [2.05, 4.69) is 59.4 Å². The number of nitrogens with one attached hydrogen (secondary N) is 1. The van der Waals surface area contributed by atoms with Crippen LogP contribution in [0.4, 0.5) is 0 Å². The van der Waals surface area contributed by atoms with Crippen LogP contribution < -0.4 is 0 Å². The van der Waals surface area contributed by atoms with E-state index in [1.807, 2.05) is 18.3 Å². The second kappa shape index (κ2) is 4.72. The van der Waals surface area contributed by atoms with E-state index in [0.717, 1.165) is 23.2 Å². The summed E-state index contributed by atoms with van der Waals surface area (Å²) in [4.78, 5) is 5.48. The van der Waals surface area contributed by atoms with Crippen LogP contribution in [0.25, 0.3) is 10.9 Å². The average Bonchev–Trinajstić information content (AvgIpc) is 3.01. The first kappa shape index (κ1) is 13.1. The molecule has 0 fully saturated rings. The molecule has 0 aliphatic carbocycles. The Morgan fingerprint density at radius 3 is 2.91 bits per heavy atom. The summed E-state index contributed by atoms with van der Waals surface area (Å²) in [7, 11) is 2.08. The normalized spacial score (nSPS) is 21.5. The standard InChI is InChI=1S/C19H17N3/c1-22-11-15-4-2-3-5-17(15)19(12-20,13-22)16-7-6-14-8-9-21-18(14)10-16/h2-10,21H,11,13H2,1H3. The first-order valence-corrected chi connectivity index (χ1v) is 7.49. The van der Waals surface area contributed by atoms with Gasteiger partial charge in [0.15, 0.2) is 0 Å². The van der Waals surface area contributed by atoms with Crippen LogP contribution in [0.3, 0.4) is 0 Å². The molecule has 3 nitrogen and oxygen atoms in total. The lowest BCUT2D eigenvalue weighted by molar-refractivity contribution is 0.267. The predicted octanol–water partition coefficient (Wildman–Crippen LogP) is 3.42. The Hall–Kier alpha value is -2.57. The van der Waals surface area contributed by atoms with Crippen molar-refractivity contribution in [2.45, 2.75) is 12.0 Å². The van der Waals surface area contributed by atoms with Crippen molar-refractivity contribution >= 4 is 10.9 Å². The fraction of sp³-hybridized carbons (Fsp3) is 0.211. The monoisotopic (exact) mass is 287 g/mol. The SMILES string of the molecule is CN1Cc2ccccc2C(C#N)(c2ccc3cc[nH]c3c2)C1. The Morgan fingerprint density at radius 1 is 1.18 bits per heavy atom. The van der Waals surface area contributed by atoms with Crippen molar-refractivity contribution in [2.75, 3.05) is 13.6 Å². The Labute approximate surface area is 129 Å². The Morgan fingerprint density at radius 2 is 2.05 bits per heavy atom. The van der Waals surface area contributed by atoms with E-state index in [9.17, 15) is 5.26 Å². The van der Waals surface area contributed by atoms with Crippen molar-refractivity contribution in [2.24, 2.45) is 0 Å². The maximum atomic E-state index is 10.1. The topological polar surface area (TPSA) is 42.8 Å². The molecule has 3 aromatic rings. The van der Waals surface area contributed by atoms with Gasteiger partial charge in [-0.2, -0.15) is 5.26 Å². The highest BCUT2D eigenvalue weighted by atomic mass is 15.1. The molecular formula is C19H17N3. The third-order valence-corrected chi connectivity index (χ3v) is 4.66. The van der Waals surface area contributed by atoms with Crippen molar-refractivity contribution < 1.29 is 0 Å². The van der Waals surface area contributed by atoms with Gasteiger partial charge in [-0.1, -0.05) is 36.4 Å². The number of benzene rings is 2. The summed E-state index contributed by atoms with van der Waals surface area (Å²) < 4.78 is 0. The molecule has 2 heterocycles. The minimum absolute atomic E-state index is 0.608. The molecule has 2 aromatic carbocycles. The van der Waals surface area contributed by atoms with Crippen molar-refractivity contribution in [3.05, 3.63) is 71.4 Å². The molecule has 1 atom stereocenters. The molecule has 0 saturated carbocycles. The summed E-state index contributed by atoms with van der Waals surface area (Å²) in [6.07, 6.45) is 1.94. The fourth-order valence-corrected chi connectivity index (χ4v) is 3.63. The Bertz CT molecular complexity index is 887. The van der Waals surface area contributed by atoms with Crippen molar-refractivity contribution in [1.82, 2.24) is 9.88 Å². The predicted molar refractivity (Wildman–Crippen MR) is 87.5 cm³/mol. The number of hydrogen-bond acceptors (Lipinski definition) is 2. The van der Waals surface area contributed by atoms with Crippen LogP contribution in [0, 0.1) is 11.3 Å². The number of hydrogen-bond donors (Lipinski definition) is 1. The average molecular weight is 287 g/mol. The summed E-state index contributed by atoms with van der Waals surface area (Å²) in [5, 5.41) is 11.3. The highest BCUT2D eigenvalue weighted by Crippen LogP contribution is 2.39. The summed E-state index contributed by atoms with van der Waals surface area (Å²) in [6.45, 7) is 1.61. The molecule has 1 aliphatic rings. The second-order valence-electron chi connectivity index (χ2n) is 6.13. The van der Waals surface area contributed by atoms with E-state index in [0.29, 0.717) is 6.54 Å². The number of aromatic amines is 1. The lowest BCUT2D eigenvalue weighted by Gasteiger charge is -2.38. The highest BCUT2D eigenvalue weighted by Gasteiger charge is 2.40. The number of nitriles is 1. The molecule has 1 N–H and O–H groups in total. The minimum Gasteiger partial charge on any atom is -0.361 e. The molecule has 4 rings (SSSR count). The van der Waals surface area contributed by atoms with E-state index in [1.54, 1.807) is 0 Å². The maximum Gasteiger partial charge on any atom is 0.120 e. The van der Waals surface area contributed by atoms with Gasteiger partial charge in [0.05, 0.1) is 6.07 Å². The van der Waals surface area contributed by atoms with Gasteiger partial charge in [-0.3, -0.25) is 4.90 Å². The molecule has 0 saturated heterocycles. The summed E-state index contributed by atoms with van der Waals surface area (Å²) in [5.41, 5.74) is 3.91. The molecule has 0 bridgehead atoms. The van der Waals surface area contributed by atoms with Crippen LogP contribution in [0.5, 0.6) is 0 Å². The summed E-state index contributed by atoms with van der Waals surface area (Å²) >= 11 is 0. The molecule has 1 unspecified atom stereocenters. The van der Waals surface area contributed by atoms with Gasteiger partial charge in [-0.25, -0.2) is 0 Å². The molecule has 1 aromatic heterocycles. The van der Waals surface area contributed by atoms with Crippen LogP contribution in [-0.4, -0.2) is 23.5 Å². The Balaban J connectivity index is 1.98. The number of likely N-dealkylation sites (N-methyl/N-ethyl adjacent to an activating group) is 1. The number of rotatable bonds is 1. The van der Waals surface area contributed by atoms with E-state index in [4.69, 9.17) is 0 Å². The number of nitrogens with zero attached hydrogens (tertiary/aromatic N) is 2. The largest absolute Gasteiger partial charge is 0.361 e. The van der Waals surface area contributed by atoms with Crippen LogP contribution in [-0.2, 0) is 12.0 Å². The molecule has 3 heteroatoms. The zero-order valence-corrected chi connectivity index (χ0v) is 12.5. The fourth-order valence-electron chi connectivity index (χ4n) is 3.63. The van der Waals surface area contributed by atoms with Gasteiger partial charge in [0, 0.05) is 24.8 Å². The van der Waals surface area contributed by atoms with Crippen LogP contribution in [0.15, 0.2) is 54.7 Å². The number of aromatic nitrogens is 1. The quantitative estimate of drug-likeness (QED) is 0.745. The van der Waals surface area contributed by atoms with Gasteiger partial charge in [0.25, 0.3) is 0 Å². The summed E-state index contributed by atoms with van der Waals surface area (Å²) in [5.74, 6) is 0. The van der Waals surface area contributed by atoms with E-state index < -0.39 is 5.41 Å². The lowest BCUT2D eigenvalue weighted by Crippen LogP contribution is -2.43. The van der Waals surface area contributed by atoms with Gasteiger partial charge in [0.1, 0.15) is 5.41 Å². The Kier molecular flexibility index (Phi) is 2.82. The molecule has 1 aliphatic heterocycles. The lowest BCUT2D eigenvalue weighted by atomic mass is 9.71. The van der Waals surface area contributed by atoms with Gasteiger partial charge < -0.3 is 4.98 Å². The highest BCUT2D eigenvalue weighted by molar-refractivity contribution is 5.80. The third kappa shape index (κ3) is 1.78. The molecule has 0 spiro atoms. The van der Waals surface area contributed by atoms with Crippen molar-refractivity contribution in [3.63, 3.8) is 0 Å². The molecule has 22 heavy (non-hydrogen) atoms. The van der Waals surface area contributed by atoms with Gasteiger partial charge in [-0.15, -0.1) is 0 Å². The molecule has 108 valence electrons.